The minimum atomic E-state index is 0.262. The number of fused-ring (bicyclic) bond motifs is 1. The number of rotatable bonds is 3. The number of hydrogen-bond donors (Lipinski definition) is 2. The van der Waals surface area contributed by atoms with Crippen LogP contribution in [-0.2, 0) is 0 Å². The number of nitrogens with two attached hydrogens (primary N) is 1. The van der Waals surface area contributed by atoms with Crippen LogP contribution in [0.4, 0.5) is 11.4 Å². The molecule has 3 aromatic rings. The fourth-order valence-electron chi connectivity index (χ4n) is 2.68. The van der Waals surface area contributed by atoms with E-state index in [0.717, 1.165) is 22.3 Å². The van der Waals surface area contributed by atoms with Gasteiger partial charge in [-0.1, -0.05) is 0 Å². The van der Waals surface area contributed by atoms with Crippen molar-refractivity contribution in [2.45, 2.75) is 26.8 Å². The van der Waals surface area contributed by atoms with E-state index in [9.17, 15) is 0 Å². The molecule has 1 aromatic carbocycles. The van der Waals surface area contributed by atoms with Crippen molar-refractivity contribution in [1.82, 2.24) is 4.98 Å². The summed E-state index contributed by atoms with van der Waals surface area (Å²) >= 11 is 1.84. The summed E-state index contributed by atoms with van der Waals surface area (Å²) in [7, 11) is 0. The number of nitrogens with one attached hydrogen (secondary N) is 1. The number of nitrogens with zero attached hydrogens (tertiary/aromatic N) is 1. The van der Waals surface area contributed by atoms with E-state index >= 15 is 0 Å². The first-order valence-electron chi connectivity index (χ1n) is 7.02. The second-order valence-electron chi connectivity index (χ2n) is 5.37. The Labute approximate surface area is 128 Å². The maximum Gasteiger partial charge on any atom is 0.0743 e. The van der Waals surface area contributed by atoms with Crippen LogP contribution in [-0.4, -0.2) is 4.98 Å². The quantitative estimate of drug-likeness (QED) is 0.691. The first-order chi connectivity index (χ1) is 10.0. The summed E-state index contributed by atoms with van der Waals surface area (Å²) in [6.45, 7) is 6.52. The third-order valence-corrected chi connectivity index (χ3v) is 4.67. The molecule has 0 aliphatic rings. The molecule has 108 valence electrons. The van der Waals surface area contributed by atoms with Crippen molar-refractivity contribution in [2.24, 2.45) is 0 Å². The van der Waals surface area contributed by atoms with Gasteiger partial charge in [0.25, 0.3) is 0 Å². The highest BCUT2D eigenvalue weighted by Crippen LogP contribution is 2.31. The molecule has 4 heteroatoms. The molecule has 0 amide bonds. The summed E-state index contributed by atoms with van der Waals surface area (Å²) in [5, 5.41) is 4.70. The zero-order valence-corrected chi connectivity index (χ0v) is 13.3. The predicted molar refractivity (Wildman–Crippen MR) is 92.0 cm³/mol. The lowest BCUT2D eigenvalue weighted by Crippen LogP contribution is -2.07. The second kappa shape index (κ2) is 5.37. The molecule has 3 rings (SSSR count). The Kier molecular flexibility index (Phi) is 3.55. The van der Waals surface area contributed by atoms with E-state index in [1.807, 2.05) is 41.8 Å². The van der Waals surface area contributed by atoms with Crippen molar-refractivity contribution < 1.29 is 0 Å². The van der Waals surface area contributed by atoms with Gasteiger partial charge in [-0.2, -0.15) is 0 Å². The van der Waals surface area contributed by atoms with Crippen molar-refractivity contribution in [3.05, 3.63) is 51.8 Å². The number of nitrogen functional groups attached to an aromatic ring is 1. The maximum absolute atomic E-state index is 5.83. The van der Waals surface area contributed by atoms with Crippen molar-refractivity contribution in [3.8, 4) is 0 Å². The van der Waals surface area contributed by atoms with Crippen molar-refractivity contribution in [2.75, 3.05) is 11.1 Å². The largest absolute Gasteiger partial charge is 0.399 e. The topological polar surface area (TPSA) is 50.9 Å². The molecular formula is C17H19N3S. The van der Waals surface area contributed by atoms with E-state index in [0.29, 0.717) is 0 Å². The molecule has 2 heterocycles. The first kappa shape index (κ1) is 13.9. The van der Waals surface area contributed by atoms with E-state index in [2.05, 4.69) is 37.1 Å². The Morgan fingerprint density at radius 2 is 2.00 bits per heavy atom. The summed E-state index contributed by atoms with van der Waals surface area (Å²) in [4.78, 5) is 7.11. The Balaban J connectivity index is 1.96. The third-order valence-electron chi connectivity index (χ3n) is 3.68. The minimum Gasteiger partial charge on any atom is -0.399 e. The molecule has 0 fully saturated rings. The molecule has 2 aromatic heterocycles. The zero-order valence-electron chi connectivity index (χ0n) is 12.5. The van der Waals surface area contributed by atoms with Gasteiger partial charge in [0, 0.05) is 38.8 Å². The van der Waals surface area contributed by atoms with Crippen LogP contribution in [0.3, 0.4) is 0 Å². The molecular weight excluding hydrogens is 278 g/mol. The Morgan fingerprint density at radius 3 is 2.71 bits per heavy atom. The molecule has 0 spiro atoms. The van der Waals surface area contributed by atoms with Crippen molar-refractivity contribution in [1.29, 1.82) is 0 Å². The number of hydrogen-bond acceptors (Lipinski definition) is 4. The highest BCUT2D eigenvalue weighted by molar-refractivity contribution is 7.12. The van der Waals surface area contributed by atoms with Crippen molar-refractivity contribution in [3.63, 3.8) is 0 Å². The lowest BCUT2D eigenvalue weighted by molar-refractivity contribution is 0.883. The number of pyridine rings is 1. The van der Waals surface area contributed by atoms with Crippen LogP contribution in [0, 0.1) is 13.8 Å². The van der Waals surface area contributed by atoms with Crippen LogP contribution in [0.25, 0.3) is 10.9 Å². The number of aromatic nitrogens is 1. The molecule has 1 unspecified atom stereocenters. The van der Waals surface area contributed by atoms with Gasteiger partial charge in [-0.25, -0.2) is 0 Å². The van der Waals surface area contributed by atoms with Crippen LogP contribution >= 0.6 is 11.3 Å². The number of anilines is 2. The molecule has 1 atom stereocenters. The molecule has 0 saturated carbocycles. The fraction of sp³-hybridized carbons (Fsp3) is 0.235. The van der Waals surface area contributed by atoms with Gasteiger partial charge in [0.1, 0.15) is 0 Å². The van der Waals surface area contributed by atoms with Crippen LogP contribution in [0.2, 0.25) is 0 Å². The monoisotopic (exact) mass is 297 g/mol. The number of benzene rings is 1. The van der Waals surface area contributed by atoms with Gasteiger partial charge in [0.2, 0.25) is 0 Å². The van der Waals surface area contributed by atoms with E-state index in [4.69, 9.17) is 5.73 Å². The van der Waals surface area contributed by atoms with E-state index in [1.165, 1.54) is 15.3 Å². The van der Waals surface area contributed by atoms with Gasteiger partial charge in [0.15, 0.2) is 0 Å². The molecule has 0 saturated heterocycles. The summed E-state index contributed by atoms with van der Waals surface area (Å²) in [6, 6.07) is 10.4. The smallest absolute Gasteiger partial charge is 0.0743 e. The predicted octanol–water partition coefficient (Wildman–Crippen LogP) is 4.67. The summed E-state index contributed by atoms with van der Waals surface area (Å²) in [5.74, 6) is 0. The average Bonchev–Trinajstić information content (AvgIpc) is 2.77. The molecule has 3 nitrogen and oxygen atoms in total. The molecule has 0 aliphatic heterocycles. The number of thiophene rings is 1. The summed E-state index contributed by atoms with van der Waals surface area (Å²) < 4.78 is 0. The van der Waals surface area contributed by atoms with Crippen LogP contribution < -0.4 is 11.1 Å². The van der Waals surface area contributed by atoms with E-state index in [-0.39, 0.29) is 6.04 Å². The van der Waals surface area contributed by atoms with Gasteiger partial charge in [-0.3, -0.25) is 4.98 Å². The first-order valence-corrected chi connectivity index (χ1v) is 7.84. The Bertz CT molecular complexity index is 792. The van der Waals surface area contributed by atoms with Crippen molar-refractivity contribution >= 4 is 33.6 Å². The lowest BCUT2D eigenvalue weighted by Gasteiger charge is -2.17. The standard InChI is InChI=1S/C17H19N3S/c1-10-8-15(12(3)21-10)11(2)20-16-6-7-19-17-9-13(18)4-5-14(16)17/h4-9,11H,18H2,1-3H3,(H,19,20). The highest BCUT2D eigenvalue weighted by atomic mass is 32.1. The molecule has 0 radical (unpaired) electrons. The molecule has 21 heavy (non-hydrogen) atoms. The average molecular weight is 297 g/mol. The van der Waals surface area contributed by atoms with Crippen LogP contribution in [0.1, 0.15) is 28.3 Å². The fourth-order valence-corrected chi connectivity index (χ4v) is 3.70. The highest BCUT2D eigenvalue weighted by Gasteiger charge is 2.12. The van der Waals surface area contributed by atoms with Crippen LogP contribution in [0.5, 0.6) is 0 Å². The Morgan fingerprint density at radius 1 is 1.19 bits per heavy atom. The second-order valence-corrected chi connectivity index (χ2v) is 6.83. The van der Waals surface area contributed by atoms with Crippen LogP contribution in [0.15, 0.2) is 36.5 Å². The SMILES string of the molecule is Cc1cc(C(C)Nc2ccnc3cc(N)ccc23)c(C)s1. The van der Waals surface area contributed by atoms with Gasteiger partial charge < -0.3 is 11.1 Å². The maximum atomic E-state index is 5.83. The van der Waals surface area contributed by atoms with Gasteiger partial charge in [-0.05, 0) is 56.7 Å². The van der Waals surface area contributed by atoms with Gasteiger partial charge in [-0.15, -0.1) is 11.3 Å². The Hall–Kier alpha value is -2.07. The molecule has 0 aliphatic carbocycles. The third kappa shape index (κ3) is 2.72. The minimum absolute atomic E-state index is 0.262. The normalized spacial score (nSPS) is 12.5. The number of aryl methyl sites for hydroxylation is 2. The zero-order chi connectivity index (χ0) is 15.0. The van der Waals surface area contributed by atoms with Gasteiger partial charge >= 0.3 is 0 Å². The molecule has 3 N–H and O–H groups in total. The van der Waals surface area contributed by atoms with E-state index < -0.39 is 0 Å². The van der Waals surface area contributed by atoms with Gasteiger partial charge in [0.05, 0.1) is 5.52 Å². The van der Waals surface area contributed by atoms with E-state index in [1.54, 1.807) is 0 Å². The lowest BCUT2D eigenvalue weighted by atomic mass is 10.1. The summed E-state index contributed by atoms with van der Waals surface area (Å²) in [6.07, 6.45) is 1.82. The molecule has 0 bridgehead atoms. The summed E-state index contributed by atoms with van der Waals surface area (Å²) in [5.41, 5.74) is 9.94.